The molecule has 0 spiro atoms. The molecule has 2 aliphatic rings. The first-order valence-corrected chi connectivity index (χ1v) is 10.7. The summed E-state index contributed by atoms with van der Waals surface area (Å²) < 4.78 is 5.08. The van der Waals surface area contributed by atoms with Crippen molar-refractivity contribution in [3.05, 3.63) is 65.7 Å². The lowest BCUT2D eigenvalue weighted by atomic mass is 9.75. The second-order valence-electron chi connectivity index (χ2n) is 9.45. The van der Waals surface area contributed by atoms with Crippen LogP contribution in [-0.4, -0.2) is 39.3 Å². The maximum Gasteiger partial charge on any atom is 0.329 e. The topological polar surface area (TPSA) is 113 Å². The molecule has 2 aliphatic heterocycles. The second kappa shape index (κ2) is 7.81. The summed E-state index contributed by atoms with van der Waals surface area (Å²) in [4.78, 5) is 52.5. The lowest BCUT2D eigenvalue weighted by molar-refractivity contribution is -0.154. The van der Waals surface area contributed by atoms with Gasteiger partial charge in [-0.15, -0.1) is 0 Å². The summed E-state index contributed by atoms with van der Waals surface area (Å²) in [5.74, 6) is -4.30. The van der Waals surface area contributed by atoms with Crippen LogP contribution in [0.25, 0.3) is 0 Å². The molecule has 2 aromatic carbocycles. The largest absolute Gasteiger partial charge is 0.480 e. The predicted molar refractivity (Wildman–Crippen MR) is 118 cm³/mol. The van der Waals surface area contributed by atoms with Gasteiger partial charge in [0.25, 0.3) is 0 Å². The molecule has 8 nitrogen and oxygen atoms in total. The SMILES string of the molecule is CC(=O)Oc1ccc(C2NC(C(=O)O)(c3ccccc3)C3C(=O)N(C(C)(C)C)C(=O)C23)cc1. The van der Waals surface area contributed by atoms with Gasteiger partial charge in [-0.2, -0.15) is 0 Å². The number of hydrogen-bond acceptors (Lipinski definition) is 6. The number of rotatable bonds is 4. The van der Waals surface area contributed by atoms with Gasteiger partial charge in [0.2, 0.25) is 11.8 Å². The van der Waals surface area contributed by atoms with Crippen LogP contribution in [0, 0.1) is 11.8 Å². The van der Waals surface area contributed by atoms with Crippen LogP contribution in [0.15, 0.2) is 54.6 Å². The van der Waals surface area contributed by atoms with Crippen molar-refractivity contribution in [1.82, 2.24) is 10.2 Å². The molecule has 8 heteroatoms. The van der Waals surface area contributed by atoms with E-state index >= 15 is 0 Å². The number of carboxylic acid groups (broad SMARTS) is 1. The Bertz CT molecular complexity index is 1120. The van der Waals surface area contributed by atoms with Crippen LogP contribution in [0.4, 0.5) is 0 Å². The summed E-state index contributed by atoms with van der Waals surface area (Å²) in [6.45, 7) is 6.56. The normalized spacial score (nSPS) is 26.9. The van der Waals surface area contributed by atoms with Crippen LogP contribution >= 0.6 is 0 Å². The highest BCUT2D eigenvalue weighted by Crippen LogP contribution is 2.54. The van der Waals surface area contributed by atoms with Crippen molar-refractivity contribution >= 4 is 23.8 Å². The third-order valence-corrected chi connectivity index (χ3v) is 6.30. The number of nitrogens with one attached hydrogen (secondary N) is 1. The van der Waals surface area contributed by atoms with Crippen LogP contribution in [0.5, 0.6) is 5.75 Å². The van der Waals surface area contributed by atoms with Crippen molar-refractivity contribution < 1.29 is 29.0 Å². The van der Waals surface area contributed by atoms with Crippen molar-refractivity contribution in [3.8, 4) is 5.75 Å². The molecule has 0 aromatic heterocycles. The van der Waals surface area contributed by atoms with E-state index in [4.69, 9.17) is 4.74 Å². The van der Waals surface area contributed by atoms with Crippen LogP contribution in [0.3, 0.4) is 0 Å². The minimum absolute atomic E-state index is 0.332. The Hall–Kier alpha value is -3.52. The minimum atomic E-state index is -1.78. The summed E-state index contributed by atoms with van der Waals surface area (Å²) in [6.07, 6.45) is 0. The fraction of sp³-hybridized carbons (Fsp3) is 0.360. The number of carbonyl (C=O) groups is 4. The molecule has 2 aromatic rings. The van der Waals surface area contributed by atoms with E-state index in [1.807, 2.05) is 0 Å². The molecule has 0 bridgehead atoms. The van der Waals surface area contributed by atoms with Crippen LogP contribution < -0.4 is 10.1 Å². The van der Waals surface area contributed by atoms with Gasteiger partial charge >= 0.3 is 11.9 Å². The van der Waals surface area contributed by atoms with Gasteiger partial charge in [-0.1, -0.05) is 42.5 Å². The number of ether oxygens (including phenoxy) is 1. The van der Waals surface area contributed by atoms with Gasteiger partial charge in [-0.05, 0) is 44.0 Å². The number of likely N-dealkylation sites (tertiary alicyclic amines) is 1. The van der Waals surface area contributed by atoms with E-state index in [-0.39, 0.29) is 0 Å². The van der Waals surface area contributed by atoms with Crippen LogP contribution in [0.2, 0.25) is 0 Å². The molecule has 2 saturated heterocycles. The molecular formula is C25H26N2O6. The van der Waals surface area contributed by atoms with Gasteiger partial charge in [0.15, 0.2) is 5.54 Å². The van der Waals surface area contributed by atoms with E-state index in [1.165, 1.54) is 11.8 Å². The molecule has 0 radical (unpaired) electrons. The van der Waals surface area contributed by atoms with Crippen molar-refractivity contribution in [2.45, 2.75) is 44.8 Å². The van der Waals surface area contributed by atoms with Crippen molar-refractivity contribution in [2.75, 3.05) is 0 Å². The summed E-state index contributed by atoms with van der Waals surface area (Å²) in [7, 11) is 0. The Morgan fingerprint density at radius 3 is 2.12 bits per heavy atom. The number of fused-ring (bicyclic) bond motifs is 1. The number of nitrogens with zero attached hydrogens (tertiary/aromatic N) is 1. The Morgan fingerprint density at radius 2 is 1.61 bits per heavy atom. The highest BCUT2D eigenvalue weighted by molar-refractivity contribution is 6.10. The Labute approximate surface area is 191 Å². The zero-order valence-electron chi connectivity index (χ0n) is 18.9. The molecule has 2 heterocycles. The number of benzene rings is 2. The Balaban J connectivity index is 1.88. The van der Waals surface area contributed by atoms with Crippen molar-refractivity contribution in [2.24, 2.45) is 11.8 Å². The maximum atomic E-state index is 13.6. The van der Waals surface area contributed by atoms with Gasteiger partial charge in [0.1, 0.15) is 5.75 Å². The van der Waals surface area contributed by atoms with E-state index in [2.05, 4.69) is 5.32 Å². The molecule has 172 valence electrons. The van der Waals surface area contributed by atoms with Gasteiger partial charge in [0.05, 0.1) is 11.8 Å². The van der Waals surface area contributed by atoms with Gasteiger partial charge in [-0.3, -0.25) is 24.6 Å². The van der Waals surface area contributed by atoms with E-state index in [9.17, 15) is 24.3 Å². The third-order valence-electron chi connectivity index (χ3n) is 6.30. The van der Waals surface area contributed by atoms with Gasteiger partial charge in [0, 0.05) is 18.5 Å². The Morgan fingerprint density at radius 1 is 1.00 bits per heavy atom. The number of esters is 1. The fourth-order valence-corrected chi connectivity index (χ4v) is 5.05. The molecule has 2 fully saturated rings. The molecule has 2 amide bonds. The molecule has 4 atom stereocenters. The van der Waals surface area contributed by atoms with Gasteiger partial charge in [-0.25, -0.2) is 4.79 Å². The first-order chi connectivity index (χ1) is 15.5. The number of hydrogen-bond donors (Lipinski definition) is 2. The quantitative estimate of drug-likeness (QED) is 0.418. The summed E-state index contributed by atoms with van der Waals surface area (Å²) in [5.41, 5.74) is -1.55. The van der Waals surface area contributed by atoms with E-state index < -0.39 is 52.7 Å². The minimum Gasteiger partial charge on any atom is -0.480 e. The predicted octanol–water partition coefficient (Wildman–Crippen LogP) is 2.64. The molecule has 33 heavy (non-hydrogen) atoms. The number of imide groups is 1. The van der Waals surface area contributed by atoms with E-state index in [0.29, 0.717) is 16.9 Å². The van der Waals surface area contributed by atoms with E-state index in [1.54, 1.807) is 75.4 Å². The van der Waals surface area contributed by atoms with Gasteiger partial charge < -0.3 is 9.84 Å². The highest BCUT2D eigenvalue weighted by atomic mass is 16.5. The van der Waals surface area contributed by atoms with Crippen molar-refractivity contribution in [3.63, 3.8) is 0 Å². The molecule has 0 aliphatic carbocycles. The highest BCUT2D eigenvalue weighted by Gasteiger charge is 2.70. The Kier molecular flexibility index (Phi) is 5.36. The lowest BCUT2D eigenvalue weighted by Gasteiger charge is -2.35. The number of carboxylic acids is 1. The number of carbonyl (C=O) groups excluding carboxylic acids is 3. The van der Waals surface area contributed by atoms with Crippen molar-refractivity contribution in [1.29, 1.82) is 0 Å². The first-order valence-electron chi connectivity index (χ1n) is 10.7. The molecule has 4 unspecified atom stereocenters. The molecule has 0 saturated carbocycles. The molecule has 4 rings (SSSR count). The lowest BCUT2D eigenvalue weighted by Crippen LogP contribution is -2.55. The average molecular weight is 450 g/mol. The molecular weight excluding hydrogens is 424 g/mol. The van der Waals surface area contributed by atoms with E-state index in [0.717, 1.165) is 0 Å². The zero-order chi connectivity index (χ0) is 24.1. The summed E-state index contributed by atoms with van der Waals surface area (Å²) in [6, 6.07) is 14.3. The zero-order valence-corrected chi connectivity index (χ0v) is 18.9. The smallest absolute Gasteiger partial charge is 0.329 e. The first kappa shape index (κ1) is 22.7. The van der Waals surface area contributed by atoms with Crippen LogP contribution in [0.1, 0.15) is 44.9 Å². The molecule has 2 N–H and O–H groups in total. The second-order valence-corrected chi connectivity index (χ2v) is 9.45. The fourth-order valence-electron chi connectivity index (χ4n) is 5.05. The summed E-state index contributed by atoms with van der Waals surface area (Å²) >= 11 is 0. The monoisotopic (exact) mass is 450 g/mol. The average Bonchev–Trinajstić information content (AvgIpc) is 3.23. The maximum absolute atomic E-state index is 13.6. The number of amides is 2. The number of aliphatic carboxylic acids is 1. The summed E-state index contributed by atoms with van der Waals surface area (Å²) in [5, 5.41) is 13.6. The third kappa shape index (κ3) is 3.51. The standard InChI is InChI=1S/C25H26N2O6/c1-14(28)33-17-12-10-15(11-13-17)20-18-19(22(30)27(21(18)29)24(2,3)4)25(26-20,23(31)32)16-8-6-5-7-9-16/h5-13,18-20,26H,1-4H3,(H,31,32). The van der Waals surface area contributed by atoms with Crippen LogP contribution in [-0.2, 0) is 24.7 Å².